The molecule has 1 aliphatic carbocycles. The van der Waals surface area contributed by atoms with Crippen LogP contribution in [0.25, 0.3) is 0 Å². The Kier molecular flexibility index (Phi) is 4.69. The van der Waals surface area contributed by atoms with Crippen molar-refractivity contribution in [3.8, 4) is 11.5 Å². The molecule has 132 valence electrons. The normalized spacial score (nSPS) is 15.8. The fourth-order valence-electron chi connectivity index (χ4n) is 3.11. The Morgan fingerprint density at radius 1 is 1.28 bits per heavy atom. The SMILES string of the molecule is COc1cccc2c1CCC2Nc1ccc([N+](=O)[O-])c(OC(F)F)c1. The number of rotatable bonds is 6. The van der Waals surface area contributed by atoms with E-state index in [0.29, 0.717) is 5.69 Å². The number of alkyl halides is 2. The molecule has 0 heterocycles. The molecule has 0 bridgehead atoms. The number of nitrogens with zero attached hydrogens (tertiary/aromatic N) is 1. The van der Waals surface area contributed by atoms with Gasteiger partial charge in [-0.2, -0.15) is 8.78 Å². The summed E-state index contributed by atoms with van der Waals surface area (Å²) >= 11 is 0. The van der Waals surface area contributed by atoms with Gasteiger partial charge in [0, 0.05) is 17.8 Å². The minimum absolute atomic E-state index is 0.0362. The Morgan fingerprint density at radius 2 is 2.08 bits per heavy atom. The third kappa shape index (κ3) is 3.47. The van der Waals surface area contributed by atoms with Gasteiger partial charge < -0.3 is 14.8 Å². The summed E-state index contributed by atoms with van der Waals surface area (Å²) in [6.45, 7) is -3.13. The van der Waals surface area contributed by atoms with Crippen LogP contribution in [-0.4, -0.2) is 18.6 Å². The standard InChI is InChI=1S/C17H16F2N2O4/c1-24-15-4-2-3-11-12(15)6-7-13(11)20-10-5-8-14(21(22)23)16(9-10)25-17(18)19/h2-5,8-9,13,17,20H,6-7H2,1H3. The second-order valence-corrected chi connectivity index (χ2v) is 5.58. The van der Waals surface area contributed by atoms with Crippen LogP contribution in [0.4, 0.5) is 20.2 Å². The first-order chi connectivity index (χ1) is 12.0. The zero-order valence-corrected chi connectivity index (χ0v) is 13.4. The number of methoxy groups -OCH3 is 1. The van der Waals surface area contributed by atoms with Crippen LogP contribution in [0, 0.1) is 10.1 Å². The van der Waals surface area contributed by atoms with E-state index in [-0.39, 0.29) is 6.04 Å². The molecule has 2 aromatic rings. The monoisotopic (exact) mass is 350 g/mol. The lowest BCUT2D eigenvalue weighted by Gasteiger charge is -2.17. The predicted molar refractivity (Wildman–Crippen MR) is 87.4 cm³/mol. The number of halogens is 2. The van der Waals surface area contributed by atoms with Crippen molar-refractivity contribution in [2.45, 2.75) is 25.5 Å². The van der Waals surface area contributed by atoms with E-state index in [9.17, 15) is 18.9 Å². The number of fused-ring (bicyclic) bond motifs is 1. The van der Waals surface area contributed by atoms with Crippen molar-refractivity contribution >= 4 is 11.4 Å². The van der Waals surface area contributed by atoms with Crippen LogP contribution in [0.1, 0.15) is 23.6 Å². The molecule has 8 heteroatoms. The highest BCUT2D eigenvalue weighted by atomic mass is 19.3. The quantitative estimate of drug-likeness (QED) is 0.621. The van der Waals surface area contributed by atoms with Gasteiger partial charge in [-0.25, -0.2) is 0 Å². The second-order valence-electron chi connectivity index (χ2n) is 5.58. The molecule has 0 aromatic heterocycles. The van der Waals surface area contributed by atoms with Crippen LogP contribution in [0.5, 0.6) is 11.5 Å². The van der Waals surface area contributed by atoms with Crippen LogP contribution >= 0.6 is 0 Å². The van der Waals surface area contributed by atoms with Crippen LogP contribution in [-0.2, 0) is 6.42 Å². The first-order valence-electron chi connectivity index (χ1n) is 7.65. The maximum Gasteiger partial charge on any atom is 0.387 e. The summed E-state index contributed by atoms with van der Waals surface area (Å²) in [5, 5.41) is 14.2. The fraction of sp³-hybridized carbons (Fsp3) is 0.294. The van der Waals surface area contributed by atoms with Gasteiger partial charge in [-0.1, -0.05) is 12.1 Å². The van der Waals surface area contributed by atoms with Gasteiger partial charge in [-0.15, -0.1) is 0 Å². The summed E-state index contributed by atoms with van der Waals surface area (Å²) in [6.07, 6.45) is 1.63. The number of benzene rings is 2. The molecule has 6 nitrogen and oxygen atoms in total. The zero-order valence-electron chi connectivity index (χ0n) is 13.4. The number of hydrogen-bond acceptors (Lipinski definition) is 5. The van der Waals surface area contributed by atoms with Crippen LogP contribution in [0.2, 0.25) is 0 Å². The molecule has 2 aromatic carbocycles. The van der Waals surface area contributed by atoms with E-state index in [1.54, 1.807) is 7.11 Å². The molecule has 0 radical (unpaired) electrons. The molecule has 1 N–H and O–H groups in total. The van der Waals surface area contributed by atoms with Crippen molar-refractivity contribution in [2.75, 3.05) is 12.4 Å². The van der Waals surface area contributed by atoms with Gasteiger partial charge in [0.15, 0.2) is 0 Å². The summed E-state index contributed by atoms with van der Waals surface area (Å²) in [6, 6.07) is 9.58. The maximum atomic E-state index is 12.5. The third-order valence-corrected chi connectivity index (χ3v) is 4.16. The molecule has 0 fully saturated rings. The largest absolute Gasteiger partial charge is 0.496 e. The van der Waals surface area contributed by atoms with E-state index >= 15 is 0 Å². The summed E-state index contributed by atoms with van der Waals surface area (Å²) in [5.41, 5.74) is 2.14. The van der Waals surface area contributed by atoms with Crippen molar-refractivity contribution in [1.29, 1.82) is 0 Å². The predicted octanol–water partition coefficient (Wildman–Crippen LogP) is 4.30. The summed E-state index contributed by atoms with van der Waals surface area (Å²) in [5.74, 6) is 0.348. The molecule has 0 spiro atoms. The van der Waals surface area contributed by atoms with Gasteiger partial charge >= 0.3 is 12.3 Å². The van der Waals surface area contributed by atoms with Crippen molar-refractivity contribution in [2.24, 2.45) is 0 Å². The van der Waals surface area contributed by atoms with Gasteiger partial charge in [0.05, 0.1) is 18.1 Å². The molecule has 0 saturated carbocycles. The fourth-order valence-corrected chi connectivity index (χ4v) is 3.11. The molecular formula is C17H16F2N2O4. The Morgan fingerprint density at radius 3 is 2.76 bits per heavy atom. The van der Waals surface area contributed by atoms with Gasteiger partial charge in [0.2, 0.25) is 5.75 Å². The Bertz CT molecular complexity index is 798. The third-order valence-electron chi connectivity index (χ3n) is 4.16. The molecular weight excluding hydrogens is 334 g/mol. The number of ether oxygens (including phenoxy) is 2. The number of nitrogens with one attached hydrogen (secondary N) is 1. The molecule has 1 aliphatic rings. The smallest absolute Gasteiger partial charge is 0.387 e. The Hall–Kier alpha value is -2.90. The van der Waals surface area contributed by atoms with E-state index in [2.05, 4.69) is 10.1 Å². The van der Waals surface area contributed by atoms with Crippen LogP contribution in [0.15, 0.2) is 36.4 Å². The van der Waals surface area contributed by atoms with Gasteiger partial charge in [-0.3, -0.25) is 10.1 Å². The van der Waals surface area contributed by atoms with Crippen molar-refractivity contribution in [3.05, 3.63) is 57.6 Å². The topological polar surface area (TPSA) is 73.6 Å². The first kappa shape index (κ1) is 16.9. The van der Waals surface area contributed by atoms with E-state index in [4.69, 9.17) is 4.74 Å². The zero-order chi connectivity index (χ0) is 18.0. The second kappa shape index (κ2) is 6.92. The summed E-state index contributed by atoms with van der Waals surface area (Å²) in [4.78, 5) is 10.2. The van der Waals surface area contributed by atoms with E-state index in [1.165, 1.54) is 12.1 Å². The molecule has 1 unspecified atom stereocenters. The lowest BCUT2D eigenvalue weighted by Crippen LogP contribution is -2.09. The highest BCUT2D eigenvalue weighted by Crippen LogP contribution is 2.40. The van der Waals surface area contributed by atoms with Crippen molar-refractivity contribution in [1.82, 2.24) is 0 Å². The molecule has 0 aliphatic heterocycles. The molecule has 0 amide bonds. The van der Waals surface area contributed by atoms with Gasteiger partial charge in [0.25, 0.3) is 0 Å². The summed E-state index contributed by atoms with van der Waals surface area (Å²) < 4.78 is 34.6. The highest BCUT2D eigenvalue weighted by molar-refractivity contribution is 5.59. The van der Waals surface area contributed by atoms with Gasteiger partial charge in [-0.05, 0) is 36.1 Å². The molecule has 1 atom stereocenters. The Labute approximate surface area is 142 Å². The van der Waals surface area contributed by atoms with Crippen molar-refractivity contribution < 1.29 is 23.2 Å². The van der Waals surface area contributed by atoms with E-state index in [1.807, 2.05) is 18.2 Å². The molecule has 3 rings (SSSR count). The maximum absolute atomic E-state index is 12.5. The van der Waals surface area contributed by atoms with Crippen LogP contribution < -0.4 is 14.8 Å². The minimum atomic E-state index is -3.13. The van der Waals surface area contributed by atoms with Crippen molar-refractivity contribution in [3.63, 3.8) is 0 Å². The highest BCUT2D eigenvalue weighted by Gasteiger charge is 2.26. The number of hydrogen-bond donors (Lipinski definition) is 1. The molecule has 25 heavy (non-hydrogen) atoms. The lowest BCUT2D eigenvalue weighted by atomic mass is 10.1. The van der Waals surface area contributed by atoms with Crippen LogP contribution in [0.3, 0.4) is 0 Å². The number of anilines is 1. The first-order valence-corrected chi connectivity index (χ1v) is 7.65. The Balaban J connectivity index is 1.87. The van der Waals surface area contributed by atoms with E-state index < -0.39 is 23.0 Å². The van der Waals surface area contributed by atoms with Gasteiger partial charge in [0.1, 0.15) is 5.75 Å². The number of nitro groups is 1. The average Bonchev–Trinajstić information content (AvgIpc) is 2.97. The lowest BCUT2D eigenvalue weighted by molar-refractivity contribution is -0.386. The number of nitro benzene ring substituents is 1. The minimum Gasteiger partial charge on any atom is -0.496 e. The average molecular weight is 350 g/mol. The summed E-state index contributed by atoms with van der Waals surface area (Å²) in [7, 11) is 1.61. The molecule has 0 saturated heterocycles. The van der Waals surface area contributed by atoms with E-state index in [0.717, 1.165) is 35.8 Å².